The van der Waals surface area contributed by atoms with Crippen LogP contribution in [0.5, 0.6) is 0 Å². The number of aromatic nitrogens is 3. The van der Waals surface area contributed by atoms with Gasteiger partial charge in [0.25, 0.3) is 0 Å². The number of imidazole rings is 1. The number of hydrogen-bond acceptors (Lipinski definition) is 5. The van der Waals surface area contributed by atoms with Crippen LogP contribution < -0.4 is 10.2 Å². The normalized spacial score (nSPS) is 15.7. The minimum Gasteiger partial charge on any atom is -0.360 e. The molecule has 1 fully saturated rings. The van der Waals surface area contributed by atoms with Gasteiger partial charge in [0, 0.05) is 49.2 Å². The highest BCUT2D eigenvalue weighted by atomic mass is 35.5. The first kappa shape index (κ1) is 24.9. The fourth-order valence-corrected chi connectivity index (χ4v) is 6.07. The molecule has 7 rings (SSSR count). The van der Waals surface area contributed by atoms with E-state index >= 15 is 0 Å². The predicted octanol–water partition coefficient (Wildman–Crippen LogP) is 7.47. The molecule has 7 heteroatoms. The average Bonchev–Trinajstić information content (AvgIpc) is 3.69. The van der Waals surface area contributed by atoms with Crippen LogP contribution in [0.3, 0.4) is 0 Å². The summed E-state index contributed by atoms with van der Waals surface area (Å²) in [6.07, 6.45) is 5.82. The summed E-state index contributed by atoms with van der Waals surface area (Å²) in [5.41, 5.74) is 8.63. The summed E-state index contributed by atoms with van der Waals surface area (Å²) in [4.78, 5) is 17.4. The van der Waals surface area contributed by atoms with Crippen LogP contribution in [0.15, 0.2) is 97.3 Å². The van der Waals surface area contributed by atoms with Gasteiger partial charge >= 0.3 is 0 Å². The second kappa shape index (κ2) is 10.8. The quantitative estimate of drug-likeness (QED) is 0.217. The SMILES string of the molecule is Clc1nc(-c2ccc(CN3CCC(N4[CH]Nc5ccccc54)CC3)cc2)c(-c2ccccc2)cc1-c1ncc[nH]1. The number of nitrogens with zero attached hydrogens (tertiary/aromatic N) is 4. The molecule has 0 amide bonds. The number of para-hydroxylation sites is 2. The number of aromatic amines is 1. The molecule has 2 aliphatic heterocycles. The Kier molecular flexibility index (Phi) is 6.71. The van der Waals surface area contributed by atoms with Gasteiger partial charge in [-0.15, -0.1) is 0 Å². The van der Waals surface area contributed by atoms with Crippen LogP contribution in [-0.4, -0.2) is 39.0 Å². The van der Waals surface area contributed by atoms with Crippen molar-refractivity contribution in [3.63, 3.8) is 0 Å². The molecule has 0 spiro atoms. The van der Waals surface area contributed by atoms with E-state index in [1.807, 2.05) is 18.2 Å². The van der Waals surface area contributed by atoms with E-state index in [2.05, 4.69) is 98.5 Å². The molecular formula is C33H30ClN6. The molecule has 1 saturated heterocycles. The Morgan fingerprint density at radius 1 is 0.850 bits per heavy atom. The fourth-order valence-electron chi connectivity index (χ4n) is 5.84. The molecule has 2 aromatic heterocycles. The summed E-state index contributed by atoms with van der Waals surface area (Å²) in [7, 11) is 0. The summed E-state index contributed by atoms with van der Waals surface area (Å²) in [6, 6.07) is 30.3. The molecule has 6 nitrogen and oxygen atoms in total. The monoisotopic (exact) mass is 545 g/mol. The maximum Gasteiger partial charge on any atom is 0.140 e. The molecule has 4 heterocycles. The van der Waals surface area contributed by atoms with Gasteiger partial charge in [-0.1, -0.05) is 78.3 Å². The zero-order valence-corrected chi connectivity index (χ0v) is 22.9. The third-order valence-electron chi connectivity index (χ3n) is 7.94. The molecular weight excluding hydrogens is 516 g/mol. The standard InChI is InChI=1S/C33H30ClN6/c34-32-28(33-35-16-17-36-33)20-27(24-6-2-1-3-7-24)31(38-32)25-12-10-23(11-13-25)21-39-18-14-26(15-19-39)40-22-37-29-8-4-5-9-30(29)40/h1-13,16-17,20,22,26,37H,14-15,18-19,21H2,(H,35,36). The molecule has 0 aliphatic carbocycles. The highest BCUT2D eigenvalue weighted by Crippen LogP contribution is 2.38. The van der Waals surface area contributed by atoms with E-state index in [1.54, 1.807) is 12.4 Å². The van der Waals surface area contributed by atoms with Gasteiger partial charge in [0.15, 0.2) is 0 Å². The van der Waals surface area contributed by atoms with Crippen LogP contribution in [0.2, 0.25) is 5.15 Å². The molecule has 0 bridgehead atoms. The van der Waals surface area contributed by atoms with Crippen LogP contribution >= 0.6 is 11.6 Å². The Labute approximate surface area is 239 Å². The van der Waals surface area contributed by atoms with Gasteiger partial charge in [0.1, 0.15) is 17.6 Å². The van der Waals surface area contributed by atoms with Crippen molar-refractivity contribution in [2.24, 2.45) is 0 Å². The number of nitrogens with one attached hydrogen (secondary N) is 2. The van der Waals surface area contributed by atoms with Crippen molar-refractivity contribution >= 4 is 23.0 Å². The number of H-pyrrole nitrogens is 1. The lowest BCUT2D eigenvalue weighted by Gasteiger charge is -2.37. The van der Waals surface area contributed by atoms with E-state index in [0.717, 1.165) is 60.4 Å². The molecule has 5 aromatic rings. The number of rotatable bonds is 6. The second-order valence-electron chi connectivity index (χ2n) is 10.4. The van der Waals surface area contributed by atoms with Gasteiger partial charge in [-0.3, -0.25) is 4.90 Å². The topological polar surface area (TPSA) is 60.1 Å². The van der Waals surface area contributed by atoms with Crippen LogP contribution in [0, 0.1) is 6.67 Å². The summed E-state index contributed by atoms with van der Waals surface area (Å²) in [6.45, 7) is 5.25. The van der Waals surface area contributed by atoms with Gasteiger partial charge in [-0.2, -0.15) is 0 Å². The smallest absolute Gasteiger partial charge is 0.140 e. The van der Waals surface area contributed by atoms with Crippen molar-refractivity contribution < 1.29 is 0 Å². The highest BCUT2D eigenvalue weighted by Gasteiger charge is 2.29. The van der Waals surface area contributed by atoms with E-state index in [4.69, 9.17) is 16.6 Å². The Morgan fingerprint density at radius 2 is 1.62 bits per heavy atom. The van der Waals surface area contributed by atoms with Crippen LogP contribution in [0.1, 0.15) is 18.4 Å². The van der Waals surface area contributed by atoms with Gasteiger partial charge in [-0.05, 0) is 42.2 Å². The average molecular weight is 546 g/mol. The first-order chi connectivity index (χ1) is 19.7. The summed E-state index contributed by atoms with van der Waals surface area (Å²) < 4.78 is 0. The second-order valence-corrected chi connectivity index (χ2v) is 10.8. The lowest BCUT2D eigenvalue weighted by atomic mass is 9.97. The van der Waals surface area contributed by atoms with E-state index in [0.29, 0.717) is 17.0 Å². The lowest BCUT2D eigenvalue weighted by Crippen LogP contribution is -2.43. The first-order valence-electron chi connectivity index (χ1n) is 13.8. The third-order valence-corrected chi connectivity index (χ3v) is 8.23. The molecule has 2 N–H and O–H groups in total. The molecule has 2 aliphatic rings. The van der Waals surface area contributed by atoms with E-state index in [1.165, 1.54) is 16.9 Å². The number of pyridine rings is 1. The van der Waals surface area contributed by atoms with Gasteiger partial charge in [0.05, 0.1) is 22.6 Å². The maximum absolute atomic E-state index is 6.69. The number of hydrogen-bond donors (Lipinski definition) is 2. The molecule has 1 radical (unpaired) electrons. The molecule has 0 atom stereocenters. The number of piperidine rings is 1. The highest BCUT2D eigenvalue weighted by molar-refractivity contribution is 6.32. The Balaban J connectivity index is 1.08. The van der Waals surface area contributed by atoms with Gasteiger partial charge < -0.3 is 15.2 Å². The van der Waals surface area contributed by atoms with Crippen molar-refractivity contribution in [1.29, 1.82) is 0 Å². The lowest BCUT2D eigenvalue weighted by molar-refractivity contribution is 0.204. The third kappa shape index (κ3) is 4.85. The zero-order valence-electron chi connectivity index (χ0n) is 22.1. The van der Waals surface area contributed by atoms with E-state index < -0.39 is 0 Å². The number of benzene rings is 3. The van der Waals surface area contributed by atoms with Crippen molar-refractivity contribution in [3.8, 4) is 33.8 Å². The zero-order chi connectivity index (χ0) is 26.9. The minimum atomic E-state index is 0.435. The first-order valence-corrected chi connectivity index (χ1v) is 14.2. The largest absolute Gasteiger partial charge is 0.360 e. The number of fused-ring (bicyclic) bond motifs is 1. The summed E-state index contributed by atoms with van der Waals surface area (Å²) in [5.74, 6) is 0.712. The van der Waals surface area contributed by atoms with Gasteiger partial charge in [-0.25, -0.2) is 9.97 Å². The molecule has 40 heavy (non-hydrogen) atoms. The van der Waals surface area contributed by atoms with Crippen LogP contribution in [0.4, 0.5) is 11.4 Å². The van der Waals surface area contributed by atoms with E-state index in [9.17, 15) is 0 Å². The van der Waals surface area contributed by atoms with Crippen molar-refractivity contribution in [2.75, 3.05) is 23.3 Å². The molecule has 0 unspecified atom stereocenters. The Bertz CT molecular complexity index is 1590. The van der Waals surface area contributed by atoms with Crippen LogP contribution in [-0.2, 0) is 6.54 Å². The summed E-state index contributed by atoms with van der Waals surface area (Å²) >= 11 is 6.69. The van der Waals surface area contributed by atoms with Gasteiger partial charge in [0.2, 0.25) is 0 Å². The number of anilines is 2. The van der Waals surface area contributed by atoms with Crippen molar-refractivity contribution in [2.45, 2.75) is 25.4 Å². The number of likely N-dealkylation sites (tertiary alicyclic amines) is 1. The van der Waals surface area contributed by atoms with Crippen LogP contribution in [0.25, 0.3) is 33.8 Å². The van der Waals surface area contributed by atoms with Crippen molar-refractivity contribution in [1.82, 2.24) is 19.9 Å². The molecule has 199 valence electrons. The summed E-state index contributed by atoms with van der Waals surface area (Å²) in [5, 5.41) is 3.85. The fraction of sp³-hybridized carbons (Fsp3) is 0.182. The Hall–Kier alpha value is -4.13. The number of halogens is 1. The maximum atomic E-state index is 6.69. The predicted molar refractivity (Wildman–Crippen MR) is 163 cm³/mol. The molecule has 0 saturated carbocycles. The molecule has 3 aromatic carbocycles. The minimum absolute atomic E-state index is 0.435. The van der Waals surface area contributed by atoms with Crippen molar-refractivity contribution in [3.05, 3.63) is 115 Å². The Morgan fingerprint density at radius 3 is 2.40 bits per heavy atom. The van der Waals surface area contributed by atoms with E-state index in [-0.39, 0.29) is 0 Å².